The molecule has 36 heavy (non-hydrogen) atoms. The lowest BCUT2D eigenvalue weighted by molar-refractivity contribution is -0.156. The van der Waals surface area contributed by atoms with Crippen LogP contribution in [0.15, 0.2) is 73.1 Å². The minimum absolute atomic E-state index is 0.331. The van der Waals surface area contributed by atoms with Gasteiger partial charge in [-0.05, 0) is 55.7 Å². The van der Waals surface area contributed by atoms with E-state index in [1.165, 1.54) is 0 Å². The van der Waals surface area contributed by atoms with Crippen molar-refractivity contribution < 1.29 is 19.0 Å². The molecular weight excluding hydrogens is 472 g/mol. The molecule has 7 heteroatoms. The van der Waals surface area contributed by atoms with Gasteiger partial charge >= 0.3 is 5.97 Å². The fourth-order valence-corrected chi connectivity index (χ4v) is 4.78. The molecule has 1 unspecified atom stereocenters. The third kappa shape index (κ3) is 6.56. The molecule has 0 spiro atoms. The molecule has 0 aliphatic rings. The predicted molar refractivity (Wildman–Crippen MR) is 142 cm³/mol. The van der Waals surface area contributed by atoms with Gasteiger partial charge in [0.05, 0.1) is 11.5 Å². The van der Waals surface area contributed by atoms with Crippen molar-refractivity contribution >= 4 is 17.3 Å². The van der Waals surface area contributed by atoms with Crippen molar-refractivity contribution in [2.45, 2.75) is 39.9 Å². The fraction of sp³-hybridized carbons (Fsp3) is 0.276. The smallest absolute Gasteiger partial charge is 0.335 e. The van der Waals surface area contributed by atoms with Crippen LogP contribution in [0.3, 0.4) is 0 Å². The summed E-state index contributed by atoms with van der Waals surface area (Å²) in [6.45, 7) is 6.98. The fourth-order valence-electron chi connectivity index (χ4n) is 3.74. The van der Waals surface area contributed by atoms with E-state index in [1.54, 1.807) is 18.3 Å². The Balaban J connectivity index is 1.37. The summed E-state index contributed by atoms with van der Waals surface area (Å²) in [5, 5.41) is 0. The number of aromatic nitrogens is 2. The van der Waals surface area contributed by atoms with Crippen molar-refractivity contribution in [3.63, 3.8) is 0 Å². The van der Waals surface area contributed by atoms with Gasteiger partial charge in [-0.1, -0.05) is 42.5 Å². The van der Waals surface area contributed by atoms with Crippen LogP contribution in [0.25, 0.3) is 21.8 Å². The van der Waals surface area contributed by atoms with Gasteiger partial charge in [-0.2, -0.15) is 0 Å². The van der Waals surface area contributed by atoms with Crippen LogP contribution >= 0.6 is 11.3 Å². The van der Waals surface area contributed by atoms with E-state index >= 15 is 0 Å². The first kappa shape index (κ1) is 25.5. The number of carbonyl (C=O) groups is 1. The summed E-state index contributed by atoms with van der Waals surface area (Å²) in [4.78, 5) is 23.4. The van der Waals surface area contributed by atoms with Crippen molar-refractivity contribution in [1.29, 1.82) is 0 Å². The third-order valence-electron chi connectivity index (χ3n) is 5.63. The highest BCUT2D eigenvalue weighted by molar-refractivity contribution is 7.15. The van der Waals surface area contributed by atoms with E-state index in [0.29, 0.717) is 32.1 Å². The molecule has 6 nitrogen and oxygen atoms in total. The molecular formula is C29H30N2O4S. The average Bonchev–Trinajstić information content (AvgIpc) is 3.29. The summed E-state index contributed by atoms with van der Waals surface area (Å²) in [5.74, 6) is 1.15. The summed E-state index contributed by atoms with van der Waals surface area (Å²) in [5.41, 5.74) is 4.23. The molecule has 2 aromatic carbocycles. The van der Waals surface area contributed by atoms with Crippen molar-refractivity contribution in [1.82, 2.24) is 9.97 Å². The van der Waals surface area contributed by atoms with Gasteiger partial charge in [0.1, 0.15) is 12.4 Å². The minimum atomic E-state index is -0.599. The maximum atomic E-state index is 12.1. The summed E-state index contributed by atoms with van der Waals surface area (Å²) in [7, 11) is 0. The van der Waals surface area contributed by atoms with Gasteiger partial charge in [-0.15, -0.1) is 11.3 Å². The SMILES string of the molecule is CCOC(=O)C(Cc1ccc(OCc2sc(-c3ncc(-c4ccccc4)cn3)cc2C)cc1)OCC. The van der Waals surface area contributed by atoms with E-state index in [2.05, 4.69) is 23.0 Å². The molecule has 1 atom stereocenters. The van der Waals surface area contributed by atoms with Crippen LogP contribution in [0.1, 0.15) is 29.9 Å². The predicted octanol–water partition coefficient (Wildman–Crippen LogP) is 6.27. The lowest BCUT2D eigenvalue weighted by Crippen LogP contribution is -2.28. The third-order valence-corrected chi connectivity index (χ3v) is 6.84. The molecule has 0 amide bonds. The molecule has 0 aliphatic carbocycles. The van der Waals surface area contributed by atoms with Crippen LogP contribution in [-0.2, 0) is 27.3 Å². The van der Waals surface area contributed by atoms with E-state index in [4.69, 9.17) is 14.2 Å². The maximum absolute atomic E-state index is 12.1. The van der Waals surface area contributed by atoms with Crippen LogP contribution in [0.2, 0.25) is 0 Å². The molecule has 0 fully saturated rings. The molecule has 0 N–H and O–H groups in total. The monoisotopic (exact) mass is 502 g/mol. The highest BCUT2D eigenvalue weighted by Crippen LogP contribution is 2.31. The molecule has 0 saturated carbocycles. The number of nitrogens with zero attached hydrogens (tertiary/aromatic N) is 2. The highest BCUT2D eigenvalue weighted by Gasteiger charge is 2.20. The number of esters is 1. The molecule has 0 radical (unpaired) electrons. The summed E-state index contributed by atoms with van der Waals surface area (Å²) < 4.78 is 16.7. The number of carbonyl (C=O) groups excluding carboxylic acids is 1. The molecule has 4 aromatic rings. The van der Waals surface area contributed by atoms with Gasteiger partial charge < -0.3 is 14.2 Å². The Labute approximate surface area is 215 Å². The van der Waals surface area contributed by atoms with Gasteiger partial charge in [-0.3, -0.25) is 0 Å². The van der Waals surface area contributed by atoms with Crippen molar-refractivity contribution in [2.75, 3.05) is 13.2 Å². The van der Waals surface area contributed by atoms with Gasteiger partial charge in [0, 0.05) is 35.9 Å². The molecule has 0 saturated heterocycles. The number of hydrogen-bond acceptors (Lipinski definition) is 7. The van der Waals surface area contributed by atoms with Crippen LogP contribution in [0.4, 0.5) is 0 Å². The largest absolute Gasteiger partial charge is 0.488 e. The highest BCUT2D eigenvalue weighted by atomic mass is 32.1. The number of aryl methyl sites for hydroxylation is 1. The van der Waals surface area contributed by atoms with E-state index in [9.17, 15) is 4.79 Å². The number of benzene rings is 2. The van der Waals surface area contributed by atoms with Gasteiger partial charge in [0.2, 0.25) is 0 Å². The summed E-state index contributed by atoms with van der Waals surface area (Å²) in [6, 6.07) is 19.9. The van der Waals surface area contributed by atoms with Crippen LogP contribution in [0, 0.1) is 6.92 Å². The number of rotatable bonds is 11. The van der Waals surface area contributed by atoms with Gasteiger partial charge in [-0.25, -0.2) is 14.8 Å². The van der Waals surface area contributed by atoms with E-state index in [-0.39, 0.29) is 5.97 Å². The van der Waals surface area contributed by atoms with Crippen molar-refractivity contribution in [2.24, 2.45) is 0 Å². The van der Waals surface area contributed by atoms with E-state index < -0.39 is 6.10 Å². The minimum Gasteiger partial charge on any atom is -0.488 e. The summed E-state index contributed by atoms with van der Waals surface area (Å²) >= 11 is 1.64. The second kappa shape index (κ2) is 12.4. The van der Waals surface area contributed by atoms with Crippen molar-refractivity contribution in [3.8, 4) is 27.6 Å². The van der Waals surface area contributed by atoms with E-state index in [1.807, 2.05) is 73.9 Å². The maximum Gasteiger partial charge on any atom is 0.335 e. The molecule has 2 aromatic heterocycles. The Morgan fingerprint density at radius 3 is 2.33 bits per heavy atom. The zero-order valence-electron chi connectivity index (χ0n) is 20.8. The Bertz CT molecular complexity index is 1250. The molecule has 2 heterocycles. The van der Waals surface area contributed by atoms with Gasteiger partial charge in [0.25, 0.3) is 0 Å². The first-order valence-electron chi connectivity index (χ1n) is 12.0. The quantitative estimate of drug-likeness (QED) is 0.225. The molecule has 4 rings (SSSR count). The molecule has 0 bridgehead atoms. The lowest BCUT2D eigenvalue weighted by Gasteiger charge is -2.15. The Kier molecular flexibility index (Phi) is 8.81. The Morgan fingerprint density at radius 1 is 0.944 bits per heavy atom. The first-order valence-corrected chi connectivity index (χ1v) is 12.9. The van der Waals surface area contributed by atoms with Crippen LogP contribution < -0.4 is 4.74 Å². The van der Waals surface area contributed by atoms with Gasteiger partial charge in [0.15, 0.2) is 11.9 Å². The Hall–Kier alpha value is -3.55. The lowest BCUT2D eigenvalue weighted by atomic mass is 10.1. The second-order valence-corrected chi connectivity index (χ2v) is 9.35. The molecule has 186 valence electrons. The average molecular weight is 503 g/mol. The van der Waals surface area contributed by atoms with Crippen LogP contribution in [-0.4, -0.2) is 35.3 Å². The van der Waals surface area contributed by atoms with Crippen molar-refractivity contribution in [3.05, 3.63) is 89.1 Å². The molecule has 0 aliphatic heterocycles. The standard InChI is InChI=1S/C29H30N2O4S/c1-4-33-25(29(32)34-5-2)16-21-11-13-24(14-12-21)35-19-27-20(3)15-26(36-27)28-30-17-23(18-31-28)22-9-7-6-8-10-22/h6-15,17-18,25H,4-5,16,19H2,1-3H3. The zero-order chi connectivity index (χ0) is 25.3. The van der Waals surface area contributed by atoms with E-state index in [0.717, 1.165) is 37.8 Å². The zero-order valence-corrected chi connectivity index (χ0v) is 21.6. The number of hydrogen-bond donors (Lipinski definition) is 0. The Morgan fingerprint density at radius 2 is 1.67 bits per heavy atom. The van der Waals surface area contributed by atoms with Crippen LogP contribution in [0.5, 0.6) is 5.75 Å². The number of ether oxygens (including phenoxy) is 3. The topological polar surface area (TPSA) is 70.5 Å². The number of thiophene rings is 1. The second-order valence-electron chi connectivity index (χ2n) is 8.21. The normalized spacial score (nSPS) is 11.8. The summed E-state index contributed by atoms with van der Waals surface area (Å²) in [6.07, 6.45) is 3.59. The first-order chi connectivity index (χ1) is 17.6.